The summed E-state index contributed by atoms with van der Waals surface area (Å²) in [6.45, 7) is 3.42. The van der Waals surface area contributed by atoms with E-state index in [1.165, 1.54) is 0 Å². The summed E-state index contributed by atoms with van der Waals surface area (Å²) in [6, 6.07) is 28.1. The minimum atomic E-state index is 0.0330. The summed E-state index contributed by atoms with van der Waals surface area (Å²) in [7, 11) is 0. The molecule has 4 aromatic rings. The van der Waals surface area contributed by atoms with Gasteiger partial charge in [0.25, 0.3) is 0 Å². The van der Waals surface area contributed by atoms with Gasteiger partial charge in [-0.05, 0) is 24.1 Å². The van der Waals surface area contributed by atoms with Gasteiger partial charge in [-0.3, -0.25) is 4.79 Å². The largest absolute Gasteiger partial charge is 0.367 e. The predicted octanol–water partition coefficient (Wildman–Crippen LogP) is 4.55. The molecule has 1 fully saturated rings. The number of hydrogen-bond acceptors (Lipinski definition) is 5. The van der Waals surface area contributed by atoms with Crippen molar-refractivity contribution in [1.29, 1.82) is 0 Å². The Labute approximate surface area is 199 Å². The van der Waals surface area contributed by atoms with Crippen LogP contribution in [0, 0.1) is 0 Å². The maximum absolute atomic E-state index is 12.8. The number of rotatable bonds is 6. The number of amides is 1. The minimum absolute atomic E-state index is 0.0330. The van der Waals surface area contributed by atoms with E-state index in [1.54, 1.807) is 0 Å². The van der Waals surface area contributed by atoms with E-state index in [0.717, 1.165) is 46.6 Å². The maximum Gasteiger partial charge on any atom is 0.248 e. The molecule has 0 saturated carbocycles. The first kappa shape index (κ1) is 22.0. The summed E-state index contributed by atoms with van der Waals surface area (Å²) < 4.78 is 5.68. The average Bonchev–Trinajstić information content (AvgIpc) is 3.15. The molecular weight excluding hydrogens is 424 g/mol. The lowest BCUT2D eigenvalue weighted by molar-refractivity contribution is -0.136. The third-order valence-electron chi connectivity index (χ3n) is 6.08. The molecule has 6 nitrogen and oxygen atoms in total. The number of hydrogen-bond donors (Lipinski definition) is 0. The Balaban J connectivity index is 1.30. The standard InChI is InChI=1S/C28H28N4O2/c33-26(21-34-20-22-10-3-1-4-11-22)31-16-9-17-32(19-18-31)28-27(23-12-5-2-6-13-23)29-24-14-7-8-15-25(24)30-28/h1-8,10-15H,9,16-21H2. The zero-order valence-electron chi connectivity index (χ0n) is 19.1. The second kappa shape index (κ2) is 10.4. The van der Waals surface area contributed by atoms with Crippen LogP contribution in [0.25, 0.3) is 22.3 Å². The number of carbonyl (C=O) groups excluding carboxylic acids is 1. The van der Waals surface area contributed by atoms with Gasteiger partial charge in [-0.2, -0.15) is 0 Å². The molecule has 5 rings (SSSR count). The van der Waals surface area contributed by atoms with E-state index in [0.29, 0.717) is 26.2 Å². The molecule has 6 heteroatoms. The molecule has 0 aliphatic carbocycles. The Bertz CT molecular complexity index is 1250. The Morgan fingerprint density at radius 1 is 0.765 bits per heavy atom. The van der Waals surface area contributed by atoms with Crippen molar-refractivity contribution in [3.05, 3.63) is 90.5 Å². The van der Waals surface area contributed by atoms with Crippen LogP contribution in [0.4, 0.5) is 5.82 Å². The van der Waals surface area contributed by atoms with E-state index in [4.69, 9.17) is 14.7 Å². The van der Waals surface area contributed by atoms with Gasteiger partial charge in [-0.1, -0.05) is 72.8 Å². The Morgan fingerprint density at radius 3 is 2.21 bits per heavy atom. The molecule has 0 radical (unpaired) electrons. The van der Waals surface area contributed by atoms with Crippen LogP contribution in [-0.2, 0) is 16.1 Å². The van der Waals surface area contributed by atoms with Crippen molar-refractivity contribution in [2.45, 2.75) is 13.0 Å². The number of carbonyl (C=O) groups is 1. The molecule has 1 aliphatic heterocycles. The lowest BCUT2D eigenvalue weighted by Crippen LogP contribution is -2.37. The first-order valence-corrected chi connectivity index (χ1v) is 11.7. The smallest absolute Gasteiger partial charge is 0.248 e. The second-order valence-electron chi connectivity index (χ2n) is 8.45. The van der Waals surface area contributed by atoms with Gasteiger partial charge in [-0.15, -0.1) is 0 Å². The van der Waals surface area contributed by atoms with Crippen LogP contribution in [0.5, 0.6) is 0 Å². The van der Waals surface area contributed by atoms with Crippen molar-refractivity contribution in [3.63, 3.8) is 0 Å². The highest BCUT2D eigenvalue weighted by Crippen LogP contribution is 2.30. The van der Waals surface area contributed by atoms with Crippen LogP contribution < -0.4 is 4.90 Å². The first-order chi connectivity index (χ1) is 16.8. The molecule has 1 amide bonds. The number of nitrogens with zero attached hydrogens (tertiary/aromatic N) is 4. The fourth-order valence-electron chi connectivity index (χ4n) is 4.30. The molecule has 34 heavy (non-hydrogen) atoms. The first-order valence-electron chi connectivity index (χ1n) is 11.7. The van der Waals surface area contributed by atoms with Gasteiger partial charge in [0.2, 0.25) is 5.91 Å². The van der Waals surface area contributed by atoms with Crippen molar-refractivity contribution < 1.29 is 9.53 Å². The van der Waals surface area contributed by atoms with E-state index in [9.17, 15) is 4.79 Å². The summed E-state index contributed by atoms with van der Waals surface area (Å²) in [5, 5.41) is 0. The molecule has 3 aromatic carbocycles. The monoisotopic (exact) mass is 452 g/mol. The summed E-state index contributed by atoms with van der Waals surface area (Å²) in [6.07, 6.45) is 0.868. The average molecular weight is 453 g/mol. The summed E-state index contributed by atoms with van der Waals surface area (Å²) in [5.74, 6) is 0.908. The van der Waals surface area contributed by atoms with Gasteiger partial charge >= 0.3 is 0 Å². The van der Waals surface area contributed by atoms with E-state index in [1.807, 2.05) is 77.7 Å². The summed E-state index contributed by atoms with van der Waals surface area (Å²) in [5.41, 5.74) is 4.75. The van der Waals surface area contributed by atoms with E-state index < -0.39 is 0 Å². The van der Waals surface area contributed by atoms with Crippen molar-refractivity contribution >= 4 is 22.8 Å². The molecule has 1 saturated heterocycles. The molecule has 2 heterocycles. The van der Waals surface area contributed by atoms with Crippen molar-refractivity contribution in [1.82, 2.24) is 14.9 Å². The fourth-order valence-corrected chi connectivity index (χ4v) is 4.30. The highest BCUT2D eigenvalue weighted by Gasteiger charge is 2.23. The number of anilines is 1. The molecular formula is C28H28N4O2. The Kier molecular flexibility index (Phi) is 6.77. The lowest BCUT2D eigenvalue weighted by Gasteiger charge is -2.25. The predicted molar refractivity (Wildman–Crippen MR) is 134 cm³/mol. The second-order valence-corrected chi connectivity index (χ2v) is 8.45. The molecule has 0 spiro atoms. The van der Waals surface area contributed by atoms with Gasteiger partial charge in [0.15, 0.2) is 5.82 Å². The van der Waals surface area contributed by atoms with Crippen LogP contribution >= 0.6 is 0 Å². The Morgan fingerprint density at radius 2 is 1.44 bits per heavy atom. The topological polar surface area (TPSA) is 58.6 Å². The zero-order chi connectivity index (χ0) is 23.2. The quantitative estimate of drug-likeness (QED) is 0.430. The summed E-state index contributed by atoms with van der Waals surface area (Å²) >= 11 is 0. The van der Waals surface area contributed by atoms with Crippen LogP contribution in [0.15, 0.2) is 84.9 Å². The third kappa shape index (κ3) is 5.07. The van der Waals surface area contributed by atoms with Crippen LogP contribution in [0.3, 0.4) is 0 Å². The third-order valence-corrected chi connectivity index (χ3v) is 6.08. The number of aromatic nitrogens is 2. The molecule has 1 aliphatic rings. The van der Waals surface area contributed by atoms with Crippen LogP contribution in [0.2, 0.25) is 0 Å². The molecule has 0 atom stereocenters. The normalized spacial score (nSPS) is 14.2. The molecule has 0 N–H and O–H groups in total. The van der Waals surface area contributed by atoms with Crippen molar-refractivity contribution in [3.8, 4) is 11.3 Å². The number of fused-ring (bicyclic) bond motifs is 1. The highest BCUT2D eigenvalue weighted by molar-refractivity contribution is 5.83. The molecule has 0 bridgehead atoms. The van der Waals surface area contributed by atoms with E-state index >= 15 is 0 Å². The van der Waals surface area contributed by atoms with Crippen LogP contribution in [-0.4, -0.2) is 53.6 Å². The number of para-hydroxylation sites is 2. The summed E-state index contributed by atoms with van der Waals surface area (Å²) in [4.78, 5) is 26.9. The zero-order valence-corrected chi connectivity index (χ0v) is 19.1. The maximum atomic E-state index is 12.8. The lowest BCUT2D eigenvalue weighted by atomic mass is 10.1. The number of ether oxygens (including phenoxy) is 1. The SMILES string of the molecule is O=C(COCc1ccccc1)N1CCCN(c2nc3ccccc3nc2-c2ccccc2)CC1. The van der Waals surface area contributed by atoms with Crippen molar-refractivity contribution in [2.75, 3.05) is 37.7 Å². The van der Waals surface area contributed by atoms with Crippen LogP contribution in [0.1, 0.15) is 12.0 Å². The minimum Gasteiger partial charge on any atom is -0.367 e. The fraction of sp³-hybridized carbons (Fsp3) is 0.250. The molecule has 1 aromatic heterocycles. The molecule has 0 unspecified atom stereocenters. The van der Waals surface area contributed by atoms with Gasteiger partial charge in [-0.25, -0.2) is 9.97 Å². The Hall–Kier alpha value is -3.77. The number of benzene rings is 3. The molecule has 172 valence electrons. The van der Waals surface area contributed by atoms with E-state index in [2.05, 4.69) is 17.0 Å². The highest BCUT2D eigenvalue weighted by atomic mass is 16.5. The van der Waals surface area contributed by atoms with Crippen molar-refractivity contribution in [2.24, 2.45) is 0 Å². The van der Waals surface area contributed by atoms with Gasteiger partial charge in [0, 0.05) is 31.7 Å². The van der Waals surface area contributed by atoms with Gasteiger partial charge in [0.05, 0.1) is 17.6 Å². The van der Waals surface area contributed by atoms with Gasteiger partial charge < -0.3 is 14.5 Å². The van der Waals surface area contributed by atoms with Gasteiger partial charge in [0.1, 0.15) is 12.3 Å². The van der Waals surface area contributed by atoms with E-state index in [-0.39, 0.29) is 12.5 Å².